The molecule has 3 aliphatic rings. The number of carbonyl (C=O) groups is 6. The first-order valence-corrected chi connectivity index (χ1v) is 47.4. The molecular formula is C103H169N7O17. The van der Waals surface area contributed by atoms with E-state index < -0.39 is 6.04 Å². The molecule has 3 rings (SSSR count). The number of unbranched alkanes of at least 4 members (excludes halogenated alkanes) is 2. The Morgan fingerprint density at radius 1 is 0.386 bits per heavy atom. The maximum atomic E-state index is 14.2. The molecule has 24 heteroatoms. The second kappa shape index (κ2) is 70.5. The lowest BCUT2D eigenvalue weighted by Crippen LogP contribution is -2.50. The summed E-state index contributed by atoms with van der Waals surface area (Å²) in [4.78, 5) is 78.8. The Morgan fingerprint density at radius 2 is 0.732 bits per heavy atom. The summed E-state index contributed by atoms with van der Waals surface area (Å²) < 4.78 is 55.4. The molecule has 0 aromatic heterocycles. The number of rotatable bonds is 72. The van der Waals surface area contributed by atoms with Gasteiger partial charge in [0, 0.05) is 96.5 Å². The molecule has 6 amide bonds. The number of aliphatic hydroxyl groups excluding tert-OH is 1. The van der Waals surface area contributed by atoms with Crippen LogP contribution in [0.5, 0.6) is 0 Å². The number of nitrogens with one attached hydrogen (secondary N) is 7. The minimum Gasteiger partial charge on any atom is -0.394 e. The number of aliphatic hydroxyl groups is 1. The minimum atomic E-state index is -0.601. The standard InChI is InChI=1S/C103H169N7O17/c1-81(40-43-91-87(7)35-23-48-101(91,10)11)29-20-32-84(4)77-97(114)106-51-18-16-38-90(110-99(116)79-86(6)34-22-31-83(3)42-45-93-89(9)37-25-50-103(93,14)15)80-109-94(39-17-19-52-107-98(115)78-85(5)33-21-30-82(2)41-44-92-88(8)36-24-49-102(92,12)13)100(117)108-55-28-59-120-65-70-124-69-64-119-58-27-54-105-96(113)47-61-122-67-72-126-74-76-127-75-73-125-71-66-121-60-46-95(112)104-53-26-57-118-63-68-123-62-56-111/h20-22,29-34,40-45,78-79,84,90,94,109,111H,16-19,23-28,35-39,46-77,80H2,1-15H3,(H,104,112)(H,105,113)(H,106,114)(H,107,115)(H,108,117)(H,110,116)/b32-20+,33-21+,34-22+,43-40+,44-41+,45-42+,81-29+,82-30+,83-31+,85-78+,86-79+/t84?,90-,94+/m1/s1. The van der Waals surface area contributed by atoms with E-state index in [-0.39, 0.29) is 89.7 Å². The lowest BCUT2D eigenvalue weighted by atomic mass is 9.72. The Balaban J connectivity index is 1.47. The van der Waals surface area contributed by atoms with Crippen LogP contribution in [0, 0.1) is 22.2 Å². The van der Waals surface area contributed by atoms with Gasteiger partial charge in [-0.25, -0.2) is 0 Å². The maximum absolute atomic E-state index is 14.2. The Kier molecular flexibility index (Phi) is 63.2. The summed E-state index contributed by atoms with van der Waals surface area (Å²) in [5.74, 6) is -0.733. The predicted octanol–water partition coefficient (Wildman–Crippen LogP) is 16.1. The molecule has 0 radical (unpaired) electrons. The highest BCUT2D eigenvalue weighted by Crippen LogP contribution is 2.43. The number of hydrogen-bond donors (Lipinski definition) is 8. The molecule has 0 aliphatic heterocycles. The normalized spacial score (nSPS) is 16.9. The van der Waals surface area contributed by atoms with Gasteiger partial charge in [-0.05, 0) is 221 Å². The highest BCUT2D eigenvalue weighted by molar-refractivity contribution is 5.89. The molecule has 3 atom stereocenters. The molecule has 0 aromatic carbocycles. The molecule has 718 valence electrons. The molecular weight excluding hydrogens is 1610 g/mol. The van der Waals surface area contributed by atoms with E-state index in [0.717, 1.165) is 47.1 Å². The number of hydrogen-bond acceptors (Lipinski definition) is 18. The van der Waals surface area contributed by atoms with Gasteiger partial charge in [-0.15, -0.1) is 0 Å². The second-order valence-electron chi connectivity index (χ2n) is 35.8. The summed E-state index contributed by atoms with van der Waals surface area (Å²) in [5.41, 5.74) is 14.2. The van der Waals surface area contributed by atoms with Crippen LogP contribution in [0.4, 0.5) is 0 Å². The van der Waals surface area contributed by atoms with Crippen LogP contribution >= 0.6 is 0 Å². The number of carbonyl (C=O) groups excluding carboxylic acids is 6. The van der Waals surface area contributed by atoms with Crippen LogP contribution in [-0.4, -0.2) is 231 Å². The number of ether oxygens (including phenoxy) is 10. The van der Waals surface area contributed by atoms with E-state index in [0.29, 0.717) is 229 Å². The van der Waals surface area contributed by atoms with Crippen molar-refractivity contribution in [2.24, 2.45) is 22.2 Å². The summed E-state index contributed by atoms with van der Waals surface area (Å²) in [7, 11) is 0. The van der Waals surface area contributed by atoms with Crippen molar-refractivity contribution in [1.82, 2.24) is 37.2 Å². The average molecular weight is 1780 g/mol. The van der Waals surface area contributed by atoms with E-state index >= 15 is 0 Å². The first kappa shape index (κ1) is 114. The van der Waals surface area contributed by atoms with Crippen molar-refractivity contribution in [2.45, 2.75) is 251 Å². The lowest BCUT2D eigenvalue weighted by Gasteiger charge is -2.33. The van der Waals surface area contributed by atoms with Gasteiger partial charge in [-0.3, -0.25) is 28.8 Å². The molecule has 0 fully saturated rings. The Morgan fingerprint density at radius 3 is 1.14 bits per heavy atom. The maximum Gasteiger partial charge on any atom is 0.244 e. The van der Waals surface area contributed by atoms with Crippen LogP contribution < -0.4 is 37.2 Å². The van der Waals surface area contributed by atoms with Crippen LogP contribution in [0.15, 0.2) is 165 Å². The lowest BCUT2D eigenvalue weighted by molar-refractivity contribution is -0.124. The highest BCUT2D eigenvalue weighted by Gasteiger charge is 2.29. The zero-order valence-corrected chi connectivity index (χ0v) is 81.0. The molecule has 127 heavy (non-hydrogen) atoms. The zero-order chi connectivity index (χ0) is 93.0. The van der Waals surface area contributed by atoms with E-state index in [4.69, 9.17) is 52.5 Å². The highest BCUT2D eigenvalue weighted by atomic mass is 16.6. The van der Waals surface area contributed by atoms with E-state index in [1.54, 1.807) is 12.2 Å². The predicted molar refractivity (Wildman–Crippen MR) is 513 cm³/mol. The van der Waals surface area contributed by atoms with Gasteiger partial charge < -0.3 is 89.7 Å². The van der Waals surface area contributed by atoms with Gasteiger partial charge in [0.2, 0.25) is 35.4 Å². The van der Waals surface area contributed by atoms with Gasteiger partial charge in [0.25, 0.3) is 0 Å². The third-order valence-electron chi connectivity index (χ3n) is 22.5. The third kappa shape index (κ3) is 58.2. The molecule has 3 aliphatic carbocycles. The van der Waals surface area contributed by atoms with Crippen molar-refractivity contribution >= 4 is 35.4 Å². The topological polar surface area (TPSA) is 299 Å². The fourth-order valence-corrected chi connectivity index (χ4v) is 15.2. The average Bonchev–Trinajstić information content (AvgIpc) is 0.831. The van der Waals surface area contributed by atoms with Crippen molar-refractivity contribution in [3.05, 3.63) is 165 Å². The van der Waals surface area contributed by atoms with Gasteiger partial charge in [-0.1, -0.05) is 173 Å². The molecule has 0 saturated carbocycles. The summed E-state index contributed by atoms with van der Waals surface area (Å²) >= 11 is 0. The van der Waals surface area contributed by atoms with Gasteiger partial charge in [-0.2, -0.15) is 0 Å². The van der Waals surface area contributed by atoms with Gasteiger partial charge >= 0.3 is 0 Å². The molecule has 24 nitrogen and oxygen atoms in total. The van der Waals surface area contributed by atoms with Crippen LogP contribution in [-0.2, 0) is 76.1 Å². The molecule has 0 aromatic rings. The first-order chi connectivity index (χ1) is 61.0. The van der Waals surface area contributed by atoms with Crippen LogP contribution in [0.1, 0.15) is 239 Å². The fraction of sp³-hybridized carbons (Fsp3) is 0.670. The Labute approximate surface area is 765 Å². The van der Waals surface area contributed by atoms with E-state index in [1.165, 1.54) is 72.0 Å². The van der Waals surface area contributed by atoms with Crippen molar-refractivity contribution in [2.75, 3.05) is 178 Å². The quantitative estimate of drug-likeness (QED) is 0.0159. The molecule has 0 saturated heterocycles. The minimum absolute atomic E-state index is 0.00853. The SMILES string of the molecule is CC1=C(/C=C/C(C)=C/C=C/C(C)=C/C(=O)NCCCC[C@H](NC[C@@H](CCCCNC(=O)CC(C)/C=C/C=C(C)/C=C/C2=C(C)CCCC2(C)C)NC(=O)/C=C(C)/C=C/C=C(C)/C=C/C2=C(C)CCCC2(C)C)C(=O)NCCCOCCOCCOCCCNC(=O)CCOCCOCCOCCOCCOCCC(=O)NCCCOCCOCCO)C(C)(C)CCC1. The summed E-state index contributed by atoms with van der Waals surface area (Å²) in [5, 5.41) is 30.5. The summed E-state index contributed by atoms with van der Waals surface area (Å²) in [6, 6.07) is -0.948. The molecule has 0 spiro atoms. The van der Waals surface area contributed by atoms with Crippen molar-refractivity contribution in [3.8, 4) is 0 Å². The van der Waals surface area contributed by atoms with Crippen LogP contribution in [0.25, 0.3) is 0 Å². The smallest absolute Gasteiger partial charge is 0.244 e. The van der Waals surface area contributed by atoms with Gasteiger partial charge in [0.15, 0.2) is 0 Å². The van der Waals surface area contributed by atoms with E-state index in [9.17, 15) is 28.8 Å². The molecule has 8 N–H and O–H groups in total. The number of amides is 6. The van der Waals surface area contributed by atoms with Crippen LogP contribution in [0.2, 0.25) is 0 Å². The molecule has 0 bridgehead atoms. The fourth-order valence-electron chi connectivity index (χ4n) is 15.2. The van der Waals surface area contributed by atoms with Crippen molar-refractivity contribution < 1.29 is 81.2 Å². The second-order valence-corrected chi connectivity index (χ2v) is 35.8. The monoisotopic (exact) mass is 1780 g/mol. The Bertz CT molecular complexity index is 3620. The zero-order valence-electron chi connectivity index (χ0n) is 81.0. The van der Waals surface area contributed by atoms with Gasteiger partial charge in [0.1, 0.15) is 0 Å². The van der Waals surface area contributed by atoms with Crippen LogP contribution in [0.3, 0.4) is 0 Å². The largest absolute Gasteiger partial charge is 0.394 e. The third-order valence-corrected chi connectivity index (χ3v) is 22.5. The molecule has 0 heterocycles. The first-order valence-electron chi connectivity index (χ1n) is 47.4. The van der Waals surface area contributed by atoms with Crippen molar-refractivity contribution in [3.63, 3.8) is 0 Å². The van der Waals surface area contributed by atoms with Crippen molar-refractivity contribution in [1.29, 1.82) is 0 Å². The summed E-state index contributed by atoms with van der Waals surface area (Å²) in [6.07, 6.45) is 52.0. The molecule has 1 unspecified atom stereocenters. The summed E-state index contributed by atoms with van der Waals surface area (Å²) in [6.45, 7) is 43.4. The number of allylic oxidation sites excluding steroid dienone is 26. The van der Waals surface area contributed by atoms with E-state index in [1.807, 2.05) is 44.2 Å². The van der Waals surface area contributed by atoms with Gasteiger partial charge in [0.05, 0.1) is 125 Å². The Hall–Kier alpha value is -7.30. The van der Waals surface area contributed by atoms with E-state index in [2.05, 4.69) is 188 Å².